The zero-order valence-electron chi connectivity index (χ0n) is 12.9. The van der Waals surface area contributed by atoms with Gasteiger partial charge in [0.25, 0.3) is 0 Å². The molecule has 1 aliphatic heterocycles. The molecule has 0 spiro atoms. The molecule has 3 heterocycles. The zero-order valence-corrected chi connectivity index (χ0v) is 12.9. The summed E-state index contributed by atoms with van der Waals surface area (Å²) < 4.78 is 2.06. The first-order chi connectivity index (χ1) is 9.45. The maximum atomic E-state index is 4.81. The van der Waals surface area contributed by atoms with E-state index in [1.54, 1.807) is 0 Å². The molecule has 0 saturated carbocycles. The van der Waals surface area contributed by atoms with Crippen LogP contribution in [0.5, 0.6) is 0 Å². The fourth-order valence-corrected chi connectivity index (χ4v) is 2.63. The highest BCUT2D eigenvalue weighted by atomic mass is 15.3. The third-order valence-corrected chi connectivity index (χ3v) is 4.57. The fourth-order valence-electron chi connectivity index (χ4n) is 2.63. The van der Waals surface area contributed by atoms with Gasteiger partial charge in [0.2, 0.25) is 0 Å². The molecular formula is C16H24N4. The number of aromatic nitrogens is 3. The molecule has 0 bridgehead atoms. The van der Waals surface area contributed by atoms with Crippen LogP contribution in [0.1, 0.15) is 44.6 Å². The molecule has 0 radical (unpaired) electrons. The topological polar surface area (TPSA) is 42.2 Å². The maximum Gasteiger partial charge on any atom is 0.155 e. The largest absolute Gasteiger partial charge is 0.312 e. The molecule has 108 valence electrons. The van der Waals surface area contributed by atoms with Crippen LogP contribution in [0.25, 0.3) is 5.65 Å². The number of hydrogen-bond donors (Lipinski definition) is 1. The Kier molecular flexibility index (Phi) is 3.28. The summed E-state index contributed by atoms with van der Waals surface area (Å²) in [4.78, 5) is 4.55. The van der Waals surface area contributed by atoms with Gasteiger partial charge in [0.05, 0.1) is 11.4 Å². The Balaban J connectivity index is 1.95. The Morgan fingerprint density at radius 1 is 1.40 bits per heavy atom. The lowest BCUT2D eigenvalue weighted by Gasteiger charge is -2.26. The van der Waals surface area contributed by atoms with E-state index in [1.807, 2.05) is 6.20 Å². The monoisotopic (exact) mass is 272 g/mol. The van der Waals surface area contributed by atoms with Gasteiger partial charge in [-0.05, 0) is 17.8 Å². The van der Waals surface area contributed by atoms with Gasteiger partial charge in [-0.25, -0.2) is 9.50 Å². The maximum absolute atomic E-state index is 4.81. The lowest BCUT2D eigenvalue weighted by atomic mass is 9.79. The van der Waals surface area contributed by atoms with E-state index in [2.05, 4.69) is 48.6 Å². The highest BCUT2D eigenvalue weighted by molar-refractivity contribution is 5.43. The smallest absolute Gasteiger partial charge is 0.155 e. The summed E-state index contributed by atoms with van der Waals surface area (Å²) in [5.41, 5.74) is 5.06. The molecule has 0 amide bonds. The number of fused-ring (bicyclic) bond motifs is 3. The summed E-state index contributed by atoms with van der Waals surface area (Å²) in [6.45, 7) is 11.1. The van der Waals surface area contributed by atoms with Gasteiger partial charge in [0.1, 0.15) is 0 Å². The molecule has 3 rings (SSSR count). The van der Waals surface area contributed by atoms with Crippen molar-refractivity contribution in [3.05, 3.63) is 29.2 Å². The third kappa shape index (κ3) is 2.44. The van der Waals surface area contributed by atoms with Gasteiger partial charge in [-0.3, -0.25) is 0 Å². The van der Waals surface area contributed by atoms with Crippen molar-refractivity contribution < 1.29 is 0 Å². The molecule has 1 aliphatic rings. The van der Waals surface area contributed by atoms with E-state index in [-0.39, 0.29) is 0 Å². The highest BCUT2D eigenvalue weighted by Crippen LogP contribution is 2.28. The Morgan fingerprint density at radius 2 is 2.20 bits per heavy atom. The van der Waals surface area contributed by atoms with Gasteiger partial charge in [0.15, 0.2) is 5.65 Å². The van der Waals surface area contributed by atoms with Crippen molar-refractivity contribution in [3.63, 3.8) is 0 Å². The second kappa shape index (κ2) is 4.85. The first-order valence-electron chi connectivity index (χ1n) is 7.51. The van der Waals surface area contributed by atoms with Crippen LogP contribution in [-0.2, 0) is 19.4 Å². The van der Waals surface area contributed by atoms with Crippen LogP contribution >= 0.6 is 0 Å². The standard InChI is InChI=1S/C16H24N4/c1-11(16(2,3)4)7-13-8-15-18-10-12-9-17-6-5-14(12)20(15)19-13/h8,10-11,17H,5-7,9H2,1-4H3. The van der Waals surface area contributed by atoms with E-state index >= 15 is 0 Å². The van der Waals surface area contributed by atoms with E-state index in [0.717, 1.165) is 37.3 Å². The van der Waals surface area contributed by atoms with Gasteiger partial charge in [0, 0.05) is 37.3 Å². The van der Waals surface area contributed by atoms with Crippen molar-refractivity contribution in [2.24, 2.45) is 11.3 Å². The first-order valence-corrected chi connectivity index (χ1v) is 7.51. The van der Waals surface area contributed by atoms with Gasteiger partial charge >= 0.3 is 0 Å². The van der Waals surface area contributed by atoms with Crippen molar-refractivity contribution in [2.45, 2.75) is 47.1 Å². The molecular weight excluding hydrogens is 248 g/mol. The summed E-state index contributed by atoms with van der Waals surface area (Å²) in [5, 5.41) is 8.19. The summed E-state index contributed by atoms with van der Waals surface area (Å²) in [6, 6.07) is 2.14. The van der Waals surface area contributed by atoms with Crippen LogP contribution in [0.2, 0.25) is 0 Å². The second-order valence-electron chi connectivity index (χ2n) is 7.03. The van der Waals surface area contributed by atoms with E-state index in [9.17, 15) is 0 Å². The van der Waals surface area contributed by atoms with Crippen molar-refractivity contribution >= 4 is 5.65 Å². The number of nitrogens with one attached hydrogen (secondary N) is 1. The van der Waals surface area contributed by atoms with Gasteiger partial charge < -0.3 is 5.32 Å². The Labute approximate surface area is 120 Å². The lowest BCUT2D eigenvalue weighted by molar-refractivity contribution is 0.258. The van der Waals surface area contributed by atoms with Gasteiger partial charge in [-0.2, -0.15) is 5.10 Å². The molecule has 0 fully saturated rings. The molecule has 1 N–H and O–H groups in total. The molecule has 1 unspecified atom stereocenters. The predicted molar refractivity (Wildman–Crippen MR) is 80.7 cm³/mol. The quantitative estimate of drug-likeness (QED) is 0.913. The first kappa shape index (κ1) is 13.6. The van der Waals surface area contributed by atoms with E-state index < -0.39 is 0 Å². The Hall–Kier alpha value is -1.42. The van der Waals surface area contributed by atoms with Crippen molar-refractivity contribution in [1.29, 1.82) is 0 Å². The number of hydrogen-bond acceptors (Lipinski definition) is 3. The highest BCUT2D eigenvalue weighted by Gasteiger charge is 2.22. The van der Waals surface area contributed by atoms with Crippen LogP contribution in [0, 0.1) is 11.3 Å². The minimum Gasteiger partial charge on any atom is -0.312 e. The average Bonchev–Trinajstić information content (AvgIpc) is 2.80. The minimum absolute atomic E-state index is 0.312. The summed E-state index contributed by atoms with van der Waals surface area (Å²) in [7, 11) is 0. The van der Waals surface area contributed by atoms with E-state index in [1.165, 1.54) is 11.3 Å². The van der Waals surface area contributed by atoms with Gasteiger partial charge in [-0.15, -0.1) is 0 Å². The molecule has 4 nitrogen and oxygen atoms in total. The molecule has 2 aromatic heterocycles. The average molecular weight is 272 g/mol. The van der Waals surface area contributed by atoms with Crippen LogP contribution < -0.4 is 5.32 Å². The summed E-state index contributed by atoms with van der Waals surface area (Å²) in [5.74, 6) is 0.602. The molecule has 0 saturated heterocycles. The molecule has 1 atom stereocenters. The van der Waals surface area contributed by atoms with Crippen molar-refractivity contribution in [3.8, 4) is 0 Å². The third-order valence-electron chi connectivity index (χ3n) is 4.57. The molecule has 0 aliphatic carbocycles. The van der Waals surface area contributed by atoms with Crippen LogP contribution in [0.4, 0.5) is 0 Å². The van der Waals surface area contributed by atoms with Gasteiger partial charge in [-0.1, -0.05) is 27.7 Å². The second-order valence-corrected chi connectivity index (χ2v) is 7.03. The molecule has 4 heteroatoms. The SMILES string of the molecule is CC(Cc1cc2ncc3c(n2n1)CCNC3)C(C)(C)C. The van der Waals surface area contributed by atoms with Crippen LogP contribution in [-0.4, -0.2) is 21.1 Å². The molecule has 20 heavy (non-hydrogen) atoms. The molecule has 2 aromatic rings. The van der Waals surface area contributed by atoms with E-state index in [4.69, 9.17) is 5.10 Å². The minimum atomic E-state index is 0.312. The van der Waals surface area contributed by atoms with Crippen molar-refractivity contribution in [1.82, 2.24) is 19.9 Å². The Morgan fingerprint density at radius 3 is 2.95 bits per heavy atom. The number of rotatable bonds is 2. The van der Waals surface area contributed by atoms with Crippen LogP contribution in [0.3, 0.4) is 0 Å². The summed E-state index contributed by atoms with van der Waals surface area (Å²) >= 11 is 0. The van der Waals surface area contributed by atoms with Crippen LogP contribution in [0.15, 0.2) is 12.3 Å². The van der Waals surface area contributed by atoms with Crippen molar-refractivity contribution in [2.75, 3.05) is 6.54 Å². The Bertz CT molecular complexity index is 621. The predicted octanol–water partition coefficient (Wildman–Crippen LogP) is 2.60. The summed E-state index contributed by atoms with van der Waals surface area (Å²) in [6.07, 6.45) is 4.04. The normalized spacial score (nSPS) is 17.2. The number of nitrogens with zero attached hydrogens (tertiary/aromatic N) is 3. The van der Waals surface area contributed by atoms with E-state index in [0.29, 0.717) is 11.3 Å². The lowest BCUT2D eigenvalue weighted by Crippen LogP contribution is -2.26. The zero-order chi connectivity index (χ0) is 14.3. The molecule has 0 aromatic carbocycles. The fraction of sp³-hybridized carbons (Fsp3) is 0.625.